The molecular formula is C26H27N3O4. The zero-order chi connectivity index (χ0) is 23.6. The minimum Gasteiger partial charge on any atom is -0.493 e. The summed E-state index contributed by atoms with van der Waals surface area (Å²) in [6.45, 7) is 4.74. The molecule has 170 valence electrons. The summed E-state index contributed by atoms with van der Waals surface area (Å²) in [6.07, 6.45) is 2.82. The average Bonchev–Trinajstić information content (AvgIpc) is 2.86. The van der Waals surface area contributed by atoms with Gasteiger partial charge in [-0.3, -0.25) is 15.0 Å². The van der Waals surface area contributed by atoms with Gasteiger partial charge in [0.2, 0.25) is 0 Å². The number of carbonyl (C=O) groups excluding carboxylic acids is 1. The number of aliphatic imine (C=N–C) groups is 1. The minimum absolute atomic E-state index is 0.464. The summed E-state index contributed by atoms with van der Waals surface area (Å²) in [5.74, 6) is 0.750. The van der Waals surface area contributed by atoms with Gasteiger partial charge < -0.3 is 14.4 Å². The quantitative estimate of drug-likeness (QED) is 0.203. The van der Waals surface area contributed by atoms with E-state index in [9.17, 15) is 4.79 Å². The Hall–Kier alpha value is -4.10. The van der Waals surface area contributed by atoms with E-state index in [1.165, 1.54) is 6.08 Å². The Labute approximate surface area is 193 Å². The zero-order valence-electron chi connectivity index (χ0n) is 18.7. The molecular weight excluding hydrogens is 418 g/mol. The highest BCUT2D eigenvalue weighted by molar-refractivity contribution is 5.91. The molecule has 0 aliphatic heterocycles. The standard InChI is InChI=1S/C26H27N3O4/c1-27-22-15-19(11-14-26(30)28-31)9-12-23(22)29(2)17-21-10-13-24(25(16-21)32-3)33-18-20-7-5-4-6-8-20/h4-16,31H,1,17-18H2,2-3H3,(H,28,30)/b14-11+. The first-order chi connectivity index (χ1) is 16.0. The van der Waals surface area contributed by atoms with Gasteiger partial charge in [0, 0.05) is 19.7 Å². The predicted molar refractivity (Wildman–Crippen MR) is 130 cm³/mol. The van der Waals surface area contributed by atoms with Gasteiger partial charge in [0.25, 0.3) is 5.91 Å². The van der Waals surface area contributed by atoms with Crippen LogP contribution in [0, 0.1) is 0 Å². The van der Waals surface area contributed by atoms with Crippen LogP contribution >= 0.6 is 0 Å². The van der Waals surface area contributed by atoms with Crippen molar-refractivity contribution in [3.8, 4) is 11.5 Å². The van der Waals surface area contributed by atoms with Crippen molar-refractivity contribution in [3.63, 3.8) is 0 Å². The van der Waals surface area contributed by atoms with Crippen molar-refractivity contribution in [2.45, 2.75) is 13.2 Å². The lowest BCUT2D eigenvalue weighted by atomic mass is 10.1. The summed E-state index contributed by atoms with van der Waals surface area (Å²) in [5.41, 5.74) is 6.02. The van der Waals surface area contributed by atoms with Crippen LogP contribution in [0.4, 0.5) is 11.4 Å². The lowest BCUT2D eigenvalue weighted by Crippen LogP contribution is -2.16. The Morgan fingerprint density at radius 1 is 1.09 bits per heavy atom. The van der Waals surface area contributed by atoms with E-state index < -0.39 is 5.91 Å². The Morgan fingerprint density at radius 2 is 1.88 bits per heavy atom. The second-order valence-corrected chi connectivity index (χ2v) is 7.33. The third-order valence-corrected chi connectivity index (χ3v) is 5.00. The van der Waals surface area contributed by atoms with Gasteiger partial charge in [0.1, 0.15) is 6.61 Å². The number of nitrogens with one attached hydrogen (secondary N) is 1. The molecule has 0 saturated heterocycles. The van der Waals surface area contributed by atoms with Crippen LogP contribution in [0.5, 0.6) is 11.5 Å². The van der Waals surface area contributed by atoms with Crippen molar-refractivity contribution >= 4 is 30.1 Å². The lowest BCUT2D eigenvalue weighted by molar-refractivity contribution is -0.124. The van der Waals surface area contributed by atoms with E-state index >= 15 is 0 Å². The Balaban J connectivity index is 1.72. The largest absolute Gasteiger partial charge is 0.493 e. The number of carbonyl (C=O) groups is 1. The molecule has 0 fully saturated rings. The van der Waals surface area contributed by atoms with Gasteiger partial charge in [-0.05, 0) is 53.7 Å². The smallest absolute Gasteiger partial charge is 0.267 e. The van der Waals surface area contributed by atoms with Crippen molar-refractivity contribution in [1.82, 2.24) is 5.48 Å². The van der Waals surface area contributed by atoms with Crippen molar-refractivity contribution in [2.24, 2.45) is 4.99 Å². The summed E-state index contributed by atoms with van der Waals surface area (Å²) in [5, 5.41) is 8.60. The van der Waals surface area contributed by atoms with Gasteiger partial charge in [0.05, 0.1) is 18.5 Å². The second kappa shape index (κ2) is 11.5. The van der Waals surface area contributed by atoms with Crippen LogP contribution in [0.2, 0.25) is 0 Å². The molecule has 0 unspecified atom stereocenters. The van der Waals surface area contributed by atoms with Gasteiger partial charge in [-0.25, -0.2) is 5.48 Å². The fourth-order valence-corrected chi connectivity index (χ4v) is 3.33. The number of hydrogen-bond donors (Lipinski definition) is 2. The van der Waals surface area contributed by atoms with Crippen LogP contribution in [0.15, 0.2) is 77.8 Å². The molecule has 3 rings (SSSR count). The third-order valence-electron chi connectivity index (χ3n) is 5.00. The first-order valence-electron chi connectivity index (χ1n) is 10.3. The second-order valence-electron chi connectivity index (χ2n) is 7.33. The van der Waals surface area contributed by atoms with Crippen LogP contribution in [-0.2, 0) is 17.9 Å². The zero-order valence-corrected chi connectivity index (χ0v) is 18.7. The van der Waals surface area contributed by atoms with E-state index in [1.807, 2.05) is 73.8 Å². The number of methoxy groups -OCH3 is 1. The molecule has 3 aromatic carbocycles. The molecule has 0 bridgehead atoms. The molecule has 0 saturated carbocycles. The first-order valence-corrected chi connectivity index (χ1v) is 10.3. The molecule has 7 heteroatoms. The molecule has 0 atom stereocenters. The van der Waals surface area contributed by atoms with Gasteiger partial charge in [0.15, 0.2) is 11.5 Å². The molecule has 2 N–H and O–H groups in total. The average molecular weight is 446 g/mol. The normalized spacial score (nSPS) is 10.6. The van der Waals surface area contributed by atoms with E-state index in [4.69, 9.17) is 14.7 Å². The van der Waals surface area contributed by atoms with Crippen LogP contribution < -0.4 is 19.9 Å². The fourth-order valence-electron chi connectivity index (χ4n) is 3.33. The summed E-state index contributed by atoms with van der Waals surface area (Å²) >= 11 is 0. The lowest BCUT2D eigenvalue weighted by Gasteiger charge is -2.22. The molecule has 0 aliphatic carbocycles. The van der Waals surface area contributed by atoms with Crippen molar-refractivity contribution in [1.29, 1.82) is 0 Å². The van der Waals surface area contributed by atoms with E-state index in [-0.39, 0.29) is 0 Å². The third kappa shape index (κ3) is 6.44. The number of anilines is 1. The highest BCUT2D eigenvalue weighted by Gasteiger charge is 2.11. The number of rotatable bonds is 10. The summed E-state index contributed by atoms with van der Waals surface area (Å²) in [4.78, 5) is 17.4. The number of ether oxygens (including phenoxy) is 2. The SMILES string of the molecule is C=Nc1cc(/C=C/C(=O)NO)ccc1N(C)Cc1ccc(OCc2ccccc2)c(OC)c1. The molecule has 1 amide bonds. The highest BCUT2D eigenvalue weighted by Crippen LogP contribution is 2.33. The molecule has 0 aromatic heterocycles. The predicted octanol–water partition coefficient (Wildman–Crippen LogP) is 4.76. The Kier molecular flexibility index (Phi) is 8.21. The summed E-state index contributed by atoms with van der Waals surface area (Å²) in [7, 11) is 3.59. The topological polar surface area (TPSA) is 83.4 Å². The number of nitrogens with zero attached hydrogens (tertiary/aromatic N) is 2. The fraction of sp³-hybridized carbons (Fsp3) is 0.154. The molecule has 0 radical (unpaired) electrons. The first kappa shape index (κ1) is 23.6. The van der Waals surface area contributed by atoms with Gasteiger partial charge >= 0.3 is 0 Å². The minimum atomic E-state index is -0.602. The molecule has 33 heavy (non-hydrogen) atoms. The number of amides is 1. The molecule has 0 spiro atoms. The van der Waals surface area contributed by atoms with Crippen molar-refractivity contribution in [2.75, 3.05) is 19.1 Å². The van der Waals surface area contributed by atoms with Gasteiger partial charge in [-0.2, -0.15) is 0 Å². The maximum atomic E-state index is 11.2. The van der Waals surface area contributed by atoms with Gasteiger partial charge in [-0.1, -0.05) is 42.5 Å². The summed E-state index contributed by atoms with van der Waals surface area (Å²) in [6, 6.07) is 21.4. The van der Waals surface area contributed by atoms with E-state index in [2.05, 4.69) is 16.6 Å². The monoisotopic (exact) mass is 445 g/mol. The maximum Gasteiger partial charge on any atom is 0.267 e. The number of hydroxylamine groups is 1. The number of hydrogen-bond acceptors (Lipinski definition) is 6. The van der Waals surface area contributed by atoms with Crippen molar-refractivity contribution < 1.29 is 19.5 Å². The Bertz CT molecular complexity index is 1130. The van der Waals surface area contributed by atoms with Crippen LogP contribution in [0.25, 0.3) is 6.08 Å². The van der Waals surface area contributed by atoms with E-state index in [0.29, 0.717) is 30.3 Å². The van der Waals surface area contributed by atoms with Crippen LogP contribution in [0.3, 0.4) is 0 Å². The van der Waals surface area contributed by atoms with Crippen LogP contribution in [0.1, 0.15) is 16.7 Å². The number of benzene rings is 3. The van der Waals surface area contributed by atoms with E-state index in [0.717, 1.165) is 22.4 Å². The highest BCUT2D eigenvalue weighted by atomic mass is 16.5. The summed E-state index contributed by atoms with van der Waals surface area (Å²) < 4.78 is 11.5. The maximum absolute atomic E-state index is 11.2. The Morgan fingerprint density at radius 3 is 2.58 bits per heavy atom. The van der Waals surface area contributed by atoms with Gasteiger partial charge in [-0.15, -0.1) is 0 Å². The van der Waals surface area contributed by atoms with E-state index in [1.54, 1.807) is 18.7 Å². The molecule has 0 heterocycles. The van der Waals surface area contributed by atoms with Crippen LogP contribution in [-0.4, -0.2) is 32.0 Å². The molecule has 7 nitrogen and oxygen atoms in total. The molecule has 3 aromatic rings. The molecule has 0 aliphatic rings. The van der Waals surface area contributed by atoms with Crippen molar-refractivity contribution in [3.05, 3.63) is 89.5 Å².